The molecule has 0 unspecified atom stereocenters. The Morgan fingerprint density at radius 3 is 1.43 bits per heavy atom. The van der Waals surface area contributed by atoms with Crippen LogP contribution in [0.3, 0.4) is 0 Å². The predicted octanol–water partition coefficient (Wildman–Crippen LogP) is 8.57. The van der Waals surface area contributed by atoms with E-state index in [0.717, 1.165) is 0 Å². The molecule has 1 aromatic heterocycles. The van der Waals surface area contributed by atoms with Crippen molar-refractivity contribution in [3.05, 3.63) is 9.54 Å². The van der Waals surface area contributed by atoms with Gasteiger partial charge in [0.1, 0.15) is 0 Å². The van der Waals surface area contributed by atoms with Gasteiger partial charge < -0.3 is 15.3 Å². The van der Waals surface area contributed by atoms with Crippen molar-refractivity contribution < 1.29 is 74.6 Å². The Kier molecular flexibility index (Phi) is 10.3. The van der Waals surface area contributed by atoms with Crippen LogP contribution >= 0.6 is 24.4 Å². The molecule has 234 valence electrons. The maximum absolute atomic E-state index is 13.8. The number of anilines is 1. The smallest absolute Gasteiger partial charge is 0.356 e. The van der Waals surface area contributed by atoms with Gasteiger partial charge in [0.15, 0.2) is 4.77 Å². The van der Waals surface area contributed by atoms with Gasteiger partial charge in [0.05, 0.1) is 0 Å². The molecule has 0 aliphatic carbocycles. The van der Waals surface area contributed by atoms with Crippen molar-refractivity contribution >= 4 is 30.4 Å². The second kappa shape index (κ2) is 11.4. The first-order valence-corrected chi connectivity index (χ1v) is 11.1. The summed E-state index contributed by atoms with van der Waals surface area (Å²) in [5.41, 5.74) is 0. The van der Waals surface area contributed by atoms with Crippen molar-refractivity contribution in [2.24, 2.45) is 0 Å². The zero-order valence-electron chi connectivity index (χ0n) is 18.9. The van der Waals surface area contributed by atoms with E-state index in [-0.39, 0.29) is 34.9 Å². The van der Waals surface area contributed by atoms with E-state index >= 15 is 0 Å². The lowest BCUT2D eigenvalue weighted by atomic mass is 9.88. The summed E-state index contributed by atoms with van der Waals surface area (Å²) < 4.78 is 225. The molecule has 23 heteroatoms. The van der Waals surface area contributed by atoms with Crippen LogP contribution in [0.25, 0.3) is 0 Å². The third kappa shape index (κ3) is 6.27. The fourth-order valence-corrected chi connectivity index (χ4v) is 3.31. The van der Waals surface area contributed by atoms with Crippen LogP contribution in [0.5, 0.6) is 0 Å². The number of rotatable bonds is 14. The molecule has 0 saturated heterocycles. The first kappa shape index (κ1) is 36.1. The highest BCUT2D eigenvalue weighted by Crippen LogP contribution is 2.64. The molecule has 0 spiro atoms. The van der Waals surface area contributed by atoms with Gasteiger partial charge in [0, 0.05) is 13.0 Å². The van der Waals surface area contributed by atoms with E-state index in [1.807, 2.05) is 0 Å². The van der Waals surface area contributed by atoms with Crippen LogP contribution in [0.2, 0.25) is 0 Å². The summed E-state index contributed by atoms with van der Waals surface area (Å²) in [6.07, 6.45) is -11.9. The number of hydrogen-bond donors (Lipinski definition) is 3. The van der Waals surface area contributed by atoms with Gasteiger partial charge in [-0.1, -0.05) is 12.8 Å². The molecule has 40 heavy (non-hydrogen) atoms. The summed E-state index contributed by atoms with van der Waals surface area (Å²) in [6.45, 7) is 0.0137. The Balaban J connectivity index is 2.97. The van der Waals surface area contributed by atoms with Crippen LogP contribution in [0.4, 0.5) is 80.6 Å². The Morgan fingerprint density at radius 2 is 0.975 bits per heavy atom. The van der Waals surface area contributed by atoms with Gasteiger partial charge >= 0.3 is 47.6 Å². The first-order valence-electron chi connectivity index (χ1n) is 10.3. The number of H-pyrrole nitrogens is 2. The normalized spacial score (nSPS) is 14.9. The number of aromatic amines is 2. The molecular weight excluding hydrogens is 647 g/mol. The Bertz CT molecular complexity index is 1100. The highest BCUT2D eigenvalue weighted by molar-refractivity contribution is 7.71. The van der Waals surface area contributed by atoms with E-state index in [4.69, 9.17) is 24.4 Å². The molecule has 4 nitrogen and oxygen atoms in total. The molecule has 1 heterocycles. The minimum atomic E-state index is -8.62. The number of unbranched alkanes of at least 4 members (excludes halogenated alkanes) is 3. The fourth-order valence-electron chi connectivity index (χ4n) is 2.86. The lowest BCUT2D eigenvalue weighted by molar-refractivity contribution is -0.461. The monoisotopic (exact) mass is 662 g/mol. The molecule has 0 saturated carbocycles. The number of nitrogens with zero attached hydrogens (tertiary/aromatic N) is 1. The summed E-state index contributed by atoms with van der Waals surface area (Å²) in [5, 5.41) is 2.61. The first-order chi connectivity index (χ1) is 17.6. The summed E-state index contributed by atoms with van der Waals surface area (Å²) in [6, 6.07) is 0. The van der Waals surface area contributed by atoms with E-state index in [1.54, 1.807) is 0 Å². The average Bonchev–Trinajstić information content (AvgIpc) is 2.76. The van der Waals surface area contributed by atoms with Gasteiger partial charge in [-0.2, -0.15) is 79.6 Å². The molecule has 1 aromatic rings. The molecular formula is C17H15F17N4S2. The molecule has 0 aliphatic heterocycles. The Labute approximate surface area is 221 Å². The average molecular weight is 662 g/mol. The van der Waals surface area contributed by atoms with Crippen molar-refractivity contribution in [3.63, 3.8) is 0 Å². The van der Waals surface area contributed by atoms with Gasteiger partial charge in [-0.3, -0.25) is 0 Å². The van der Waals surface area contributed by atoms with Crippen molar-refractivity contribution in [2.45, 2.75) is 79.7 Å². The highest BCUT2D eigenvalue weighted by Gasteiger charge is 2.95. The Hall–Kier alpha value is -1.94. The van der Waals surface area contributed by atoms with Crippen LogP contribution in [0, 0.1) is 9.54 Å². The third-order valence-electron chi connectivity index (χ3n) is 5.16. The quantitative estimate of drug-likeness (QED) is 0.106. The second-order valence-electron chi connectivity index (χ2n) is 8.08. The molecule has 0 aromatic carbocycles. The van der Waals surface area contributed by atoms with Crippen molar-refractivity contribution in [2.75, 3.05) is 11.9 Å². The third-order valence-corrected chi connectivity index (χ3v) is 5.56. The van der Waals surface area contributed by atoms with E-state index < -0.39 is 66.9 Å². The maximum atomic E-state index is 13.8. The van der Waals surface area contributed by atoms with Crippen molar-refractivity contribution in [1.29, 1.82) is 0 Å². The maximum Gasteiger partial charge on any atom is 0.460 e. The van der Waals surface area contributed by atoms with Gasteiger partial charge in [0.2, 0.25) is 10.7 Å². The summed E-state index contributed by atoms with van der Waals surface area (Å²) in [7, 11) is 0. The van der Waals surface area contributed by atoms with E-state index in [0.29, 0.717) is 0 Å². The fraction of sp³-hybridized carbons (Fsp3) is 0.824. The van der Waals surface area contributed by atoms with E-state index in [1.165, 1.54) is 0 Å². The SMILES string of the molecule is FC(F)(F)C(F)(F)C(F)(F)C(F)(F)C(F)(F)C(F)(F)C(F)(F)C(F)(F)CCCCCCNc1nc(=S)[nH]c(=S)[nH]1. The lowest BCUT2D eigenvalue weighted by Gasteiger charge is -2.42. The zero-order chi connectivity index (χ0) is 31.8. The number of hydrogen-bond acceptors (Lipinski definition) is 4. The van der Waals surface area contributed by atoms with Crippen LogP contribution in [0.15, 0.2) is 0 Å². The zero-order valence-corrected chi connectivity index (χ0v) is 20.6. The molecule has 0 bridgehead atoms. The molecule has 3 N–H and O–H groups in total. The second-order valence-corrected chi connectivity index (χ2v) is 8.88. The number of halogens is 17. The molecule has 0 aliphatic rings. The van der Waals surface area contributed by atoms with Crippen LogP contribution in [0.1, 0.15) is 32.1 Å². The predicted molar refractivity (Wildman–Crippen MR) is 107 cm³/mol. The lowest BCUT2D eigenvalue weighted by Crippen LogP contribution is -2.74. The minimum Gasteiger partial charge on any atom is -0.356 e. The van der Waals surface area contributed by atoms with Crippen molar-refractivity contribution in [1.82, 2.24) is 15.0 Å². The Morgan fingerprint density at radius 1 is 0.550 bits per heavy atom. The molecule has 0 atom stereocenters. The van der Waals surface area contributed by atoms with E-state index in [9.17, 15) is 74.6 Å². The number of nitrogens with one attached hydrogen (secondary N) is 3. The highest BCUT2D eigenvalue weighted by atomic mass is 32.1. The largest absolute Gasteiger partial charge is 0.460 e. The number of alkyl halides is 17. The van der Waals surface area contributed by atoms with Crippen LogP contribution in [-0.4, -0.2) is 69.1 Å². The van der Waals surface area contributed by atoms with Crippen LogP contribution in [-0.2, 0) is 0 Å². The van der Waals surface area contributed by atoms with Crippen LogP contribution < -0.4 is 5.32 Å². The standard InChI is InChI=1S/C17H15F17N4S2/c18-10(19,5-3-1-2-4-6-35-7-36-8(39)38-9(40)37-7)11(20,21)12(22,23)13(24,25)14(26,27)15(28,29)16(30,31)17(32,33)34/h1-6H2,(H3,35,36,37,38,39,40). The number of aromatic nitrogens is 3. The van der Waals surface area contributed by atoms with Crippen molar-refractivity contribution in [3.8, 4) is 0 Å². The summed E-state index contributed by atoms with van der Waals surface area (Å²) in [4.78, 5) is 8.68. The molecule has 0 amide bonds. The van der Waals surface area contributed by atoms with E-state index in [2.05, 4.69) is 20.3 Å². The summed E-state index contributed by atoms with van der Waals surface area (Å²) >= 11 is 9.48. The molecule has 0 fully saturated rings. The van der Waals surface area contributed by atoms with Gasteiger partial charge in [-0.15, -0.1) is 0 Å². The van der Waals surface area contributed by atoms with Gasteiger partial charge in [0.25, 0.3) is 0 Å². The topological polar surface area (TPSA) is 56.5 Å². The molecule has 0 radical (unpaired) electrons. The van der Waals surface area contributed by atoms with Gasteiger partial charge in [-0.05, 0) is 37.3 Å². The van der Waals surface area contributed by atoms with Gasteiger partial charge in [-0.25, -0.2) is 0 Å². The summed E-state index contributed by atoms with van der Waals surface area (Å²) in [5.74, 6) is -56.0. The molecule has 1 rings (SSSR count). The minimum absolute atomic E-state index is 0.0137.